The van der Waals surface area contributed by atoms with Crippen LogP contribution in [0.15, 0.2) is 64.2 Å². The summed E-state index contributed by atoms with van der Waals surface area (Å²) in [5, 5.41) is 1.04. The minimum absolute atomic E-state index is 0.0381. The number of alkyl halides is 3. The average Bonchev–Trinajstić information content (AvgIpc) is 2.55. The maximum absolute atomic E-state index is 13.0. The first kappa shape index (κ1) is 17.7. The monoisotopic (exact) mass is 430 g/mol. The normalized spacial score (nSPS) is 12.3. The third kappa shape index (κ3) is 3.62. The number of hydrogen-bond donors (Lipinski definition) is 1. The maximum Gasteiger partial charge on any atom is 0.417 e. The summed E-state index contributed by atoms with van der Waals surface area (Å²) in [6, 6.07) is 9.30. The van der Waals surface area contributed by atoms with Crippen LogP contribution in [0.2, 0.25) is 0 Å². The molecule has 3 aromatic rings. The van der Waals surface area contributed by atoms with Gasteiger partial charge in [0.25, 0.3) is 10.0 Å². The molecular formula is C16H10BrF3N2O2S. The fourth-order valence-electron chi connectivity index (χ4n) is 2.34. The topological polar surface area (TPSA) is 59.1 Å². The number of fused-ring (bicyclic) bond motifs is 1. The molecule has 0 radical (unpaired) electrons. The molecule has 0 amide bonds. The van der Waals surface area contributed by atoms with E-state index in [0.29, 0.717) is 10.8 Å². The molecule has 130 valence electrons. The Labute approximate surface area is 149 Å². The van der Waals surface area contributed by atoms with E-state index in [2.05, 4.69) is 25.6 Å². The van der Waals surface area contributed by atoms with Crippen LogP contribution in [0.3, 0.4) is 0 Å². The van der Waals surface area contributed by atoms with Crippen molar-refractivity contribution >= 4 is 42.4 Å². The summed E-state index contributed by atoms with van der Waals surface area (Å²) >= 11 is 2.82. The Morgan fingerprint density at radius 2 is 1.84 bits per heavy atom. The molecule has 0 saturated heterocycles. The van der Waals surface area contributed by atoms with Gasteiger partial charge in [-0.2, -0.15) is 13.2 Å². The lowest BCUT2D eigenvalue weighted by Crippen LogP contribution is -2.14. The molecule has 1 N–H and O–H groups in total. The highest BCUT2D eigenvalue weighted by Gasteiger charge is 2.33. The van der Waals surface area contributed by atoms with Crippen molar-refractivity contribution in [2.75, 3.05) is 4.72 Å². The van der Waals surface area contributed by atoms with Crippen LogP contribution in [0.5, 0.6) is 0 Å². The van der Waals surface area contributed by atoms with Crippen molar-refractivity contribution in [3.63, 3.8) is 0 Å². The Morgan fingerprint density at radius 3 is 2.56 bits per heavy atom. The van der Waals surface area contributed by atoms with E-state index in [1.165, 1.54) is 30.6 Å². The molecule has 0 atom stereocenters. The third-order valence-corrected chi connectivity index (χ3v) is 5.59. The van der Waals surface area contributed by atoms with E-state index in [1.54, 1.807) is 12.1 Å². The number of nitrogens with one attached hydrogen (secondary N) is 1. The number of nitrogens with zero attached hydrogens (tertiary/aromatic N) is 1. The zero-order valence-corrected chi connectivity index (χ0v) is 14.8. The van der Waals surface area contributed by atoms with Gasteiger partial charge in [0, 0.05) is 33.3 Å². The van der Waals surface area contributed by atoms with E-state index in [9.17, 15) is 21.6 Å². The Balaban J connectivity index is 2.05. The van der Waals surface area contributed by atoms with Gasteiger partial charge >= 0.3 is 6.18 Å². The van der Waals surface area contributed by atoms with E-state index in [0.717, 1.165) is 12.1 Å². The number of anilines is 1. The van der Waals surface area contributed by atoms with Crippen LogP contribution in [0.4, 0.5) is 18.9 Å². The molecule has 1 heterocycles. The van der Waals surface area contributed by atoms with Gasteiger partial charge in [-0.05, 0) is 30.3 Å². The summed E-state index contributed by atoms with van der Waals surface area (Å²) in [7, 11) is -4.08. The van der Waals surface area contributed by atoms with Crippen LogP contribution in [0.1, 0.15) is 5.56 Å². The number of aromatic nitrogens is 1. The number of halogens is 4. The molecule has 0 aliphatic heterocycles. The van der Waals surface area contributed by atoms with E-state index < -0.39 is 21.8 Å². The second-order valence-electron chi connectivity index (χ2n) is 5.15. The minimum Gasteiger partial charge on any atom is -0.280 e. The molecule has 0 aliphatic carbocycles. The predicted octanol–water partition coefficient (Wildman–Crippen LogP) is 4.82. The van der Waals surface area contributed by atoms with Gasteiger partial charge in [-0.3, -0.25) is 9.71 Å². The van der Waals surface area contributed by atoms with Gasteiger partial charge < -0.3 is 0 Å². The first-order valence-corrected chi connectivity index (χ1v) is 9.18. The van der Waals surface area contributed by atoms with Gasteiger partial charge in [-0.1, -0.05) is 28.1 Å². The first-order valence-electron chi connectivity index (χ1n) is 6.91. The highest BCUT2D eigenvalue weighted by atomic mass is 79.9. The van der Waals surface area contributed by atoms with Crippen molar-refractivity contribution in [1.82, 2.24) is 4.98 Å². The van der Waals surface area contributed by atoms with Crippen molar-refractivity contribution in [1.29, 1.82) is 0 Å². The van der Waals surface area contributed by atoms with E-state index in [4.69, 9.17) is 0 Å². The van der Waals surface area contributed by atoms with Crippen LogP contribution in [-0.4, -0.2) is 13.4 Å². The van der Waals surface area contributed by atoms with Gasteiger partial charge in [0.1, 0.15) is 0 Å². The lowest BCUT2D eigenvalue weighted by Gasteiger charge is -2.14. The number of hydrogen-bond acceptors (Lipinski definition) is 3. The molecule has 3 rings (SSSR count). The highest BCUT2D eigenvalue weighted by molar-refractivity contribution is 9.10. The second kappa shape index (κ2) is 6.30. The SMILES string of the molecule is O=S(=O)(Nc1ccc(Br)c(C(F)(F)F)c1)c1cccc2cnccc12. The Kier molecular flexibility index (Phi) is 4.46. The number of pyridine rings is 1. The molecule has 0 aliphatic rings. The molecule has 2 aromatic carbocycles. The van der Waals surface area contributed by atoms with Crippen molar-refractivity contribution in [2.24, 2.45) is 0 Å². The number of sulfonamides is 1. The Morgan fingerprint density at radius 1 is 1.08 bits per heavy atom. The molecular weight excluding hydrogens is 421 g/mol. The first-order chi connectivity index (χ1) is 11.7. The average molecular weight is 431 g/mol. The van der Waals surface area contributed by atoms with Gasteiger partial charge in [0.15, 0.2) is 0 Å². The van der Waals surface area contributed by atoms with Crippen molar-refractivity contribution in [2.45, 2.75) is 11.1 Å². The number of rotatable bonds is 3. The van der Waals surface area contributed by atoms with E-state index in [-0.39, 0.29) is 15.1 Å². The second-order valence-corrected chi connectivity index (χ2v) is 7.66. The van der Waals surface area contributed by atoms with Crippen molar-refractivity contribution in [3.8, 4) is 0 Å². The molecule has 4 nitrogen and oxygen atoms in total. The van der Waals surface area contributed by atoms with E-state index >= 15 is 0 Å². The molecule has 0 spiro atoms. The van der Waals surface area contributed by atoms with Crippen LogP contribution < -0.4 is 4.72 Å². The maximum atomic E-state index is 13.0. The standard InChI is InChI=1S/C16H10BrF3N2O2S/c17-14-5-4-11(8-13(14)16(18,19)20)22-25(23,24)15-3-1-2-10-9-21-7-6-12(10)15/h1-9,22H. The smallest absolute Gasteiger partial charge is 0.280 e. The molecule has 0 unspecified atom stereocenters. The van der Waals surface area contributed by atoms with E-state index in [1.807, 2.05) is 0 Å². The third-order valence-electron chi connectivity index (χ3n) is 3.45. The fraction of sp³-hybridized carbons (Fsp3) is 0.0625. The summed E-state index contributed by atoms with van der Waals surface area (Å²) in [5.74, 6) is 0. The fourth-order valence-corrected chi connectivity index (χ4v) is 4.10. The van der Waals surface area contributed by atoms with Gasteiger partial charge in [-0.15, -0.1) is 0 Å². The van der Waals surface area contributed by atoms with Gasteiger partial charge in [0.2, 0.25) is 0 Å². The lowest BCUT2D eigenvalue weighted by atomic mass is 10.2. The number of benzene rings is 2. The zero-order valence-electron chi connectivity index (χ0n) is 12.4. The molecule has 0 saturated carbocycles. The van der Waals surface area contributed by atoms with Crippen molar-refractivity contribution in [3.05, 3.63) is 64.9 Å². The summed E-state index contributed by atoms with van der Waals surface area (Å²) in [6.45, 7) is 0. The lowest BCUT2D eigenvalue weighted by molar-refractivity contribution is -0.138. The molecule has 1 aromatic heterocycles. The van der Waals surface area contributed by atoms with Crippen LogP contribution in [0, 0.1) is 0 Å². The molecule has 0 bridgehead atoms. The summed E-state index contributed by atoms with van der Waals surface area (Å²) in [4.78, 5) is 3.88. The van der Waals surface area contributed by atoms with Crippen LogP contribution in [-0.2, 0) is 16.2 Å². The van der Waals surface area contributed by atoms with Crippen LogP contribution in [0.25, 0.3) is 10.8 Å². The van der Waals surface area contributed by atoms with Crippen LogP contribution >= 0.6 is 15.9 Å². The predicted molar refractivity (Wildman–Crippen MR) is 91.7 cm³/mol. The van der Waals surface area contributed by atoms with Gasteiger partial charge in [0.05, 0.1) is 10.5 Å². The molecule has 0 fully saturated rings. The zero-order chi connectivity index (χ0) is 18.2. The summed E-state index contributed by atoms with van der Waals surface area (Å²) in [6.07, 6.45) is -1.65. The van der Waals surface area contributed by atoms with Crippen molar-refractivity contribution < 1.29 is 21.6 Å². The Hall–Kier alpha value is -2.13. The largest absolute Gasteiger partial charge is 0.417 e. The quantitative estimate of drug-likeness (QED) is 0.647. The molecule has 25 heavy (non-hydrogen) atoms. The summed E-state index contributed by atoms with van der Waals surface area (Å²) < 4.78 is 66.2. The summed E-state index contributed by atoms with van der Waals surface area (Å²) in [5.41, 5.74) is -1.14. The Bertz CT molecular complexity index is 1050. The highest BCUT2D eigenvalue weighted by Crippen LogP contribution is 2.37. The minimum atomic E-state index is -4.61. The molecule has 9 heteroatoms. The van der Waals surface area contributed by atoms with Gasteiger partial charge in [-0.25, -0.2) is 8.42 Å².